The van der Waals surface area contributed by atoms with Crippen LogP contribution in [0.1, 0.15) is 86.5 Å². The molecule has 1 saturated heterocycles. The molecule has 1 aliphatic heterocycles. The van der Waals surface area contributed by atoms with Gasteiger partial charge < -0.3 is 9.84 Å². The Morgan fingerprint density at radius 1 is 1.16 bits per heavy atom. The summed E-state index contributed by atoms with van der Waals surface area (Å²) in [6, 6.07) is 0. The summed E-state index contributed by atoms with van der Waals surface area (Å²) < 4.78 is 6.34. The number of ether oxygens (including phenoxy) is 1. The van der Waals surface area contributed by atoms with Crippen molar-refractivity contribution in [2.24, 2.45) is 52.3 Å². The number of aliphatic hydroxyl groups is 1. The van der Waals surface area contributed by atoms with E-state index >= 15 is 0 Å². The van der Waals surface area contributed by atoms with E-state index in [1.54, 1.807) is 6.08 Å². The number of carbonyl (C=O) groups is 1. The highest BCUT2D eigenvalue weighted by Gasteiger charge is 2.78. The third-order valence-electron chi connectivity index (χ3n) is 11.5. The summed E-state index contributed by atoms with van der Waals surface area (Å²) in [5.41, 5.74) is -0.681. The number of aliphatic hydroxyl groups excluding tert-OH is 1. The van der Waals surface area contributed by atoms with Crippen LogP contribution in [-0.4, -0.2) is 28.7 Å². The summed E-state index contributed by atoms with van der Waals surface area (Å²) in [5, 5.41) is 11.6. The fourth-order valence-electron chi connectivity index (χ4n) is 9.25. The third-order valence-corrected chi connectivity index (χ3v) is 11.5. The van der Waals surface area contributed by atoms with Gasteiger partial charge in [-0.2, -0.15) is 0 Å². The Balaban J connectivity index is 1.40. The maximum absolute atomic E-state index is 13.3. The topological polar surface area (TPSA) is 49.8 Å². The number of hydrogen-bond donors (Lipinski definition) is 1. The minimum Gasteiger partial charge on any atom is -0.393 e. The third kappa shape index (κ3) is 2.87. The van der Waals surface area contributed by atoms with Crippen LogP contribution in [-0.2, 0) is 9.53 Å². The molecule has 11 atom stereocenters. The molecule has 4 aliphatic carbocycles. The average molecular weight is 429 g/mol. The van der Waals surface area contributed by atoms with Crippen molar-refractivity contribution in [3.05, 3.63) is 12.2 Å². The molecule has 1 N–H and O–H groups in total. The summed E-state index contributed by atoms with van der Waals surface area (Å²) in [5.74, 6) is 4.21. The van der Waals surface area contributed by atoms with Crippen molar-refractivity contribution in [1.82, 2.24) is 0 Å². The molecule has 31 heavy (non-hydrogen) atoms. The fraction of sp³-hybridized carbons (Fsp3) is 0.893. The SMILES string of the molecule is CC(C)[C@@H](C)CC[C@@H](C)[C@H]1CC[C@H]2[C@@H]3C[C@H]4O[C@]45CC=CC(=O)[C@]5(C)[C@H]3[C@H](O)C[C@]12C. The standard InChI is InChI=1S/C28H44O3/c1-16(2)17(3)9-10-18(4)20-11-12-21-19-14-24-28(31-24)13-7-8-23(30)27(28,6)25(19)22(29)15-26(20,21)5/h7-8,16-22,24-25,29H,9-15H2,1-6H3/t17-,18+,19-,20+,21-,22+,24+,25+,26+,27+,28+/m0/s1. The zero-order valence-electron chi connectivity index (χ0n) is 20.6. The molecule has 3 nitrogen and oxygen atoms in total. The van der Waals surface area contributed by atoms with Gasteiger partial charge in [-0.1, -0.05) is 53.5 Å². The highest BCUT2D eigenvalue weighted by molar-refractivity contribution is 5.97. The predicted molar refractivity (Wildman–Crippen MR) is 123 cm³/mol. The first-order valence-corrected chi connectivity index (χ1v) is 13.1. The molecule has 0 unspecified atom stereocenters. The Kier molecular flexibility index (Phi) is 5.11. The minimum absolute atomic E-state index is 0.0526. The zero-order chi connectivity index (χ0) is 22.3. The van der Waals surface area contributed by atoms with Crippen molar-refractivity contribution < 1.29 is 14.6 Å². The van der Waals surface area contributed by atoms with E-state index in [1.807, 2.05) is 6.08 Å². The van der Waals surface area contributed by atoms with E-state index in [9.17, 15) is 9.90 Å². The van der Waals surface area contributed by atoms with E-state index in [0.717, 1.165) is 31.1 Å². The van der Waals surface area contributed by atoms with Crippen molar-refractivity contribution in [3.8, 4) is 0 Å². The van der Waals surface area contributed by atoms with E-state index in [1.165, 1.54) is 25.7 Å². The molecule has 0 radical (unpaired) electrons. The second-order valence-corrected chi connectivity index (χ2v) is 12.9. The van der Waals surface area contributed by atoms with Crippen LogP contribution in [0.3, 0.4) is 0 Å². The van der Waals surface area contributed by atoms with Gasteiger partial charge in [0.2, 0.25) is 0 Å². The summed E-state index contributed by atoms with van der Waals surface area (Å²) in [6.07, 6.45) is 11.5. The lowest BCUT2D eigenvalue weighted by molar-refractivity contribution is -0.166. The number of epoxide rings is 1. The quantitative estimate of drug-likeness (QED) is 0.563. The Morgan fingerprint density at radius 3 is 2.61 bits per heavy atom. The van der Waals surface area contributed by atoms with Gasteiger partial charge in [0.15, 0.2) is 5.78 Å². The normalized spacial score (nSPS) is 52.2. The molecule has 3 heteroatoms. The smallest absolute Gasteiger partial charge is 0.164 e. The van der Waals surface area contributed by atoms with Gasteiger partial charge in [0.1, 0.15) is 5.60 Å². The first kappa shape index (κ1) is 22.1. The van der Waals surface area contributed by atoms with Gasteiger partial charge in [-0.3, -0.25) is 4.79 Å². The summed E-state index contributed by atoms with van der Waals surface area (Å²) in [6.45, 7) is 14.2. The van der Waals surface area contributed by atoms with E-state index < -0.39 is 11.5 Å². The molecule has 1 heterocycles. The lowest BCUT2D eigenvalue weighted by atomic mass is 9.44. The summed E-state index contributed by atoms with van der Waals surface area (Å²) in [4.78, 5) is 13.3. The summed E-state index contributed by atoms with van der Waals surface area (Å²) >= 11 is 0. The van der Waals surface area contributed by atoms with Gasteiger partial charge >= 0.3 is 0 Å². The molecular formula is C28H44O3. The van der Waals surface area contributed by atoms with Crippen molar-refractivity contribution in [2.45, 2.75) is 104 Å². The molecule has 1 spiro atoms. The van der Waals surface area contributed by atoms with Crippen molar-refractivity contribution in [1.29, 1.82) is 0 Å². The maximum Gasteiger partial charge on any atom is 0.164 e. The number of hydrogen-bond acceptors (Lipinski definition) is 3. The van der Waals surface area contributed by atoms with Crippen LogP contribution >= 0.6 is 0 Å². The van der Waals surface area contributed by atoms with Gasteiger partial charge in [0, 0.05) is 5.92 Å². The van der Waals surface area contributed by atoms with Gasteiger partial charge in [0.25, 0.3) is 0 Å². The monoisotopic (exact) mass is 428 g/mol. The summed E-state index contributed by atoms with van der Waals surface area (Å²) in [7, 11) is 0. The molecule has 4 fully saturated rings. The first-order chi connectivity index (χ1) is 14.6. The van der Waals surface area contributed by atoms with Crippen molar-refractivity contribution in [3.63, 3.8) is 0 Å². The van der Waals surface area contributed by atoms with Crippen molar-refractivity contribution >= 4 is 5.78 Å². The lowest BCUT2D eigenvalue weighted by Crippen LogP contribution is -2.64. The average Bonchev–Trinajstić information content (AvgIpc) is 3.30. The van der Waals surface area contributed by atoms with Gasteiger partial charge in [-0.15, -0.1) is 0 Å². The highest BCUT2D eigenvalue weighted by Crippen LogP contribution is 2.73. The number of ketones is 1. The van der Waals surface area contributed by atoms with Crippen LogP contribution in [0.25, 0.3) is 0 Å². The number of fused-ring (bicyclic) bond motifs is 4. The van der Waals surface area contributed by atoms with Crippen LogP contribution in [0.15, 0.2) is 12.2 Å². The Morgan fingerprint density at radius 2 is 1.90 bits per heavy atom. The molecular weight excluding hydrogens is 384 g/mol. The van der Waals surface area contributed by atoms with E-state index in [4.69, 9.17) is 4.74 Å². The highest BCUT2D eigenvalue weighted by atomic mass is 16.6. The van der Waals surface area contributed by atoms with Gasteiger partial charge in [-0.25, -0.2) is 0 Å². The molecule has 5 rings (SSSR count). The van der Waals surface area contributed by atoms with Crippen LogP contribution in [0.4, 0.5) is 0 Å². The molecule has 0 aromatic carbocycles. The van der Waals surface area contributed by atoms with Gasteiger partial charge in [-0.05, 0) is 86.0 Å². The molecule has 5 aliphatic rings. The van der Waals surface area contributed by atoms with Crippen molar-refractivity contribution in [2.75, 3.05) is 0 Å². The van der Waals surface area contributed by atoms with Crippen LogP contribution in [0, 0.1) is 52.3 Å². The minimum atomic E-state index is -0.549. The molecule has 0 amide bonds. The molecule has 3 saturated carbocycles. The van der Waals surface area contributed by atoms with Crippen LogP contribution in [0.5, 0.6) is 0 Å². The molecule has 0 aromatic heterocycles. The largest absolute Gasteiger partial charge is 0.393 e. The predicted octanol–water partition coefficient (Wildman–Crippen LogP) is 5.80. The van der Waals surface area contributed by atoms with E-state index in [0.29, 0.717) is 23.7 Å². The number of carbonyl (C=O) groups excluding carboxylic acids is 1. The van der Waals surface area contributed by atoms with Crippen LogP contribution < -0.4 is 0 Å². The second kappa shape index (κ2) is 7.16. The maximum atomic E-state index is 13.3. The Hall–Kier alpha value is -0.670. The Bertz CT molecular complexity index is 772. The van der Waals surface area contributed by atoms with E-state index in [2.05, 4.69) is 41.5 Å². The fourth-order valence-corrected chi connectivity index (χ4v) is 9.25. The number of rotatable bonds is 5. The van der Waals surface area contributed by atoms with Crippen LogP contribution in [0.2, 0.25) is 0 Å². The number of allylic oxidation sites excluding steroid dienone is 1. The second-order valence-electron chi connectivity index (χ2n) is 12.9. The van der Waals surface area contributed by atoms with Gasteiger partial charge in [0.05, 0.1) is 17.6 Å². The lowest BCUT2D eigenvalue weighted by Gasteiger charge is -2.59. The zero-order valence-corrected chi connectivity index (χ0v) is 20.6. The molecule has 174 valence electrons. The Labute approximate surface area is 189 Å². The molecule has 0 bridgehead atoms. The first-order valence-electron chi connectivity index (χ1n) is 13.1. The van der Waals surface area contributed by atoms with E-state index in [-0.39, 0.29) is 28.8 Å². The molecule has 0 aromatic rings.